The van der Waals surface area contributed by atoms with Crippen molar-refractivity contribution >= 4 is 34.9 Å². The van der Waals surface area contributed by atoms with Crippen LogP contribution in [0.4, 0.5) is 10.5 Å². The van der Waals surface area contributed by atoms with E-state index >= 15 is 0 Å². The Balaban J connectivity index is 2.33. The number of anilines is 1. The van der Waals surface area contributed by atoms with Crippen molar-refractivity contribution in [2.45, 2.75) is 6.92 Å². The van der Waals surface area contributed by atoms with Crippen molar-refractivity contribution in [3.8, 4) is 0 Å². The third kappa shape index (κ3) is 2.85. The number of hydrogen-bond acceptors (Lipinski definition) is 4. The van der Waals surface area contributed by atoms with E-state index in [2.05, 4.69) is 15.7 Å². The van der Waals surface area contributed by atoms with Crippen LogP contribution >= 0.6 is 11.6 Å². The van der Waals surface area contributed by atoms with E-state index in [1.807, 2.05) is 6.07 Å². The van der Waals surface area contributed by atoms with E-state index < -0.39 is 6.03 Å². The maximum atomic E-state index is 11.4. The summed E-state index contributed by atoms with van der Waals surface area (Å²) in [6, 6.07) is 4.82. The van der Waals surface area contributed by atoms with Gasteiger partial charge in [0.2, 0.25) is 5.91 Å². The van der Waals surface area contributed by atoms with Crippen LogP contribution in [0.5, 0.6) is 0 Å². The summed E-state index contributed by atoms with van der Waals surface area (Å²) in [5, 5.41) is 11.0. The molecular formula is C12H13ClN4O2. The van der Waals surface area contributed by atoms with Crippen LogP contribution in [-0.4, -0.2) is 36.3 Å². The summed E-state index contributed by atoms with van der Waals surface area (Å²) < 4.78 is 0. The number of nitrogens with zero attached hydrogens (tertiary/aromatic N) is 2. The van der Waals surface area contributed by atoms with Gasteiger partial charge in [-0.25, -0.2) is 9.80 Å². The predicted molar refractivity (Wildman–Crippen MR) is 73.5 cm³/mol. The van der Waals surface area contributed by atoms with Gasteiger partial charge < -0.3 is 5.32 Å². The Labute approximate surface area is 115 Å². The number of nitrogens with one attached hydrogen (secondary N) is 2. The van der Waals surface area contributed by atoms with Crippen molar-refractivity contribution in [3.05, 3.63) is 28.8 Å². The van der Waals surface area contributed by atoms with Gasteiger partial charge in [-0.2, -0.15) is 5.10 Å². The van der Waals surface area contributed by atoms with Crippen LogP contribution in [0.25, 0.3) is 0 Å². The summed E-state index contributed by atoms with van der Waals surface area (Å²) in [7, 11) is 1.78. The molecule has 19 heavy (non-hydrogen) atoms. The molecule has 0 radical (unpaired) electrons. The molecule has 1 saturated heterocycles. The first-order chi connectivity index (χ1) is 9.01. The van der Waals surface area contributed by atoms with E-state index in [0.29, 0.717) is 10.7 Å². The highest BCUT2D eigenvalue weighted by molar-refractivity contribution is 6.31. The minimum Gasteiger partial charge on any atom is -0.388 e. The first kappa shape index (κ1) is 13.4. The molecule has 3 amide bonds. The standard InChI is InChI=1S/C12H13ClN4O2/c1-7(16-17-6-11(18)15-12(17)19)9-5-8(13)3-4-10(9)14-2/h3-5,14H,6H2,1-2H3,(H,15,18,19)/b16-7-. The molecule has 1 aromatic rings. The summed E-state index contributed by atoms with van der Waals surface area (Å²) in [4.78, 5) is 22.5. The molecule has 0 spiro atoms. The highest BCUT2D eigenvalue weighted by Gasteiger charge is 2.26. The molecule has 6 nitrogen and oxygen atoms in total. The summed E-state index contributed by atoms with van der Waals surface area (Å²) >= 11 is 5.96. The van der Waals surface area contributed by atoms with Crippen molar-refractivity contribution < 1.29 is 9.59 Å². The van der Waals surface area contributed by atoms with Gasteiger partial charge in [0, 0.05) is 23.3 Å². The number of imide groups is 1. The number of halogens is 1. The van der Waals surface area contributed by atoms with Gasteiger partial charge in [0.25, 0.3) is 0 Å². The molecule has 0 bridgehead atoms. The zero-order valence-corrected chi connectivity index (χ0v) is 11.3. The summed E-state index contributed by atoms with van der Waals surface area (Å²) in [6.45, 7) is 1.69. The molecule has 0 unspecified atom stereocenters. The molecule has 7 heteroatoms. The smallest absolute Gasteiger partial charge is 0.345 e. The Bertz CT molecular complexity index is 571. The number of urea groups is 1. The molecule has 2 rings (SSSR count). The number of rotatable bonds is 3. The van der Waals surface area contributed by atoms with Crippen molar-refractivity contribution in [1.29, 1.82) is 0 Å². The molecule has 0 aliphatic carbocycles. The highest BCUT2D eigenvalue weighted by Crippen LogP contribution is 2.21. The fraction of sp³-hybridized carbons (Fsp3) is 0.250. The molecule has 0 saturated carbocycles. The molecule has 100 valence electrons. The zero-order valence-electron chi connectivity index (χ0n) is 10.5. The molecule has 0 aromatic heterocycles. The molecule has 1 aliphatic rings. The van der Waals surface area contributed by atoms with E-state index in [1.165, 1.54) is 0 Å². The maximum Gasteiger partial charge on any atom is 0.345 e. The van der Waals surface area contributed by atoms with Gasteiger partial charge in [0.15, 0.2) is 0 Å². The van der Waals surface area contributed by atoms with Gasteiger partial charge in [-0.1, -0.05) is 11.6 Å². The molecule has 0 atom stereocenters. The fourth-order valence-corrected chi connectivity index (χ4v) is 1.95. The van der Waals surface area contributed by atoms with Crippen LogP contribution in [0.3, 0.4) is 0 Å². The minimum atomic E-state index is -0.516. The third-order valence-electron chi connectivity index (χ3n) is 2.69. The van der Waals surface area contributed by atoms with Gasteiger partial charge >= 0.3 is 6.03 Å². The topological polar surface area (TPSA) is 73.8 Å². The Morgan fingerprint density at radius 2 is 2.21 bits per heavy atom. The van der Waals surface area contributed by atoms with Crippen LogP contribution in [0, 0.1) is 0 Å². The molecular weight excluding hydrogens is 268 g/mol. The van der Waals surface area contributed by atoms with Gasteiger partial charge in [-0.3, -0.25) is 10.1 Å². The summed E-state index contributed by atoms with van der Waals surface area (Å²) in [6.07, 6.45) is 0. The lowest BCUT2D eigenvalue weighted by Gasteiger charge is -2.12. The SMILES string of the molecule is CNc1ccc(Cl)cc1/C(C)=N\N1CC(=O)NC1=O. The fourth-order valence-electron chi connectivity index (χ4n) is 1.78. The average molecular weight is 281 g/mol. The number of carbonyl (C=O) groups excluding carboxylic acids is 2. The lowest BCUT2D eigenvalue weighted by molar-refractivity contribution is -0.118. The summed E-state index contributed by atoms with van der Waals surface area (Å²) in [5.74, 6) is -0.360. The lowest BCUT2D eigenvalue weighted by Crippen LogP contribution is -2.25. The van der Waals surface area contributed by atoms with Crippen LogP contribution in [0.2, 0.25) is 5.02 Å². The van der Waals surface area contributed by atoms with Crippen molar-refractivity contribution in [2.75, 3.05) is 18.9 Å². The van der Waals surface area contributed by atoms with E-state index in [9.17, 15) is 9.59 Å². The number of amides is 3. The number of carbonyl (C=O) groups is 2. The van der Waals surface area contributed by atoms with Crippen LogP contribution in [0.1, 0.15) is 12.5 Å². The number of benzene rings is 1. The first-order valence-corrected chi connectivity index (χ1v) is 6.03. The first-order valence-electron chi connectivity index (χ1n) is 5.65. The highest BCUT2D eigenvalue weighted by atomic mass is 35.5. The van der Waals surface area contributed by atoms with Crippen molar-refractivity contribution in [1.82, 2.24) is 10.3 Å². The molecule has 1 heterocycles. The predicted octanol–water partition coefficient (Wildman–Crippen LogP) is 1.66. The second-order valence-corrected chi connectivity index (χ2v) is 4.47. The third-order valence-corrected chi connectivity index (χ3v) is 2.92. The normalized spacial score (nSPS) is 15.7. The van der Waals surface area contributed by atoms with Crippen LogP contribution in [0.15, 0.2) is 23.3 Å². The Hall–Kier alpha value is -2.08. The maximum absolute atomic E-state index is 11.4. The Morgan fingerprint density at radius 1 is 1.47 bits per heavy atom. The van der Waals surface area contributed by atoms with E-state index in [4.69, 9.17) is 11.6 Å². The quantitative estimate of drug-likeness (QED) is 0.653. The van der Waals surface area contributed by atoms with E-state index in [-0.39, 0.29) is 12.5 Å². The van der Waals surface area contributed by atoms with Crippen LogP contribution in [-0.2, 0) is 4.79 Å². The average Bonchev–Trinajstić information content (AvgIpc) is 2.67. The largest absolute Gasteiger partial charge is 0.388 e. The summed E-state index contributed by atoms with van der Waals surface area (Å²) in [5.41, 5.74) is 2.22. The number of hydrazone groups is 1. The Kier molecular flexibility index (Phi) is 3.71. The van der Waals surface area contributed by atoms with Crippen molar-refractivity contribution in [3.63, 3.8) is 0 Å². The van der Waals surface area contributed by atoms with Gasteiger partial charge in [-0.05, 0) is 25.1 Å². The number of hydrogen-bond donors (Lipinski definition) is 2. The molecule has 1 aliphatic heterocycles. The van der Waals surface area contributed by atoms with Gasteiger partial charge in [0.05, 0.1) is 5.71 Å². The molecule has 1 fully saturated rings. The minimum absolute atomic E-state index is 0.0639. The Morgan fingerprint density at radius 3 is 2.79 bits per heavy atom. The molecule has 1 aromatic carbocycles. The molecule has 2 N–H and O–H groups in total. The van der Waals surface area contributed by atoms with Crippen molar-refractivity contribution in [2.24, 2.45) is 5.10 Å². The second kappa shape index (κ2) is 5.27. The zero-order chi connectivity index (χ0) is 14.0. The lowest BCUT2D eigenvalue weighted by atomic mass is 10.1. The van der Waals surface area contributed by atoms with E-state index in [0.717, 1.165) is 16.3 Å². The monoisotopic (exact) mass is 280 g/mol. The van der Waals surface area contributed by atoms with Crippen LogP contribution < -0.4 is 10.6 Å². The van der Waals surface area contributed by atoms with Gasteiger partial charge in [-0.15, -0.1) is 0 Å². The second-order valence-electron chi connectivity index (χ2n) is 4.04. The van der Waals surface area contributed by atoms with Gasteiger partial charge in [0.1, 0.15) is 6.54 Å². The van der Waals surface area contributed by atoms with E-state index in [1.54, 1.807) is 26.1 Å².